The van der Waals surface area contributed by atoms with Crippen LogP contribution in [0.1, 0.15) is 13.3 Å². The lowest BCUT2D eigenvalue weighted by atomic mass is 10.4. The number of carboxylic acid groups (broad SMARTS) is 1. The number of ether oxygens (including phenoxy) is 2. The van der Waals surface area contributed by atoms with Crippen LogP contribution in [0.4, 0.5) is 0 Å². The van der Waals surface area contributed by atoms with Gasteiger partial charge in [-0.25, -0.2) is 4.79 Å². The molecule has 0 spiro atoms. The lowest BCUT2D eigenvalue weighted by Gasteiger charge is -2.13. The van der Waals surface area contributed by atoms with E-state index in [2.05, 4.69) is 6.58 Å². The number of hydrogen-bond acceptors (Lipinski definition) is 6. The van der Waals surface area contributed by atoms with Crippen molar-refractivity contribution in [1.82, 2.24) is 0 Å². The minimum Gasteiger partial charge on any atom is -0.481 e. The molecule has 116 valence electrons. The average Bonchev–Trinajstić information content (AvgIpc) is 2.35. The molecule has 0 aliphatic rings. The highest BCUT2D eigenvalue weighted by Gasteiger charge is 2.17. The van der Waals surface area contributed by atoms with Crippen LogP contribution < -0.4 is 0 Å². The quantitative estimate of drug-likeness (QED) is 0.267. The first kappa shape index (κ1) is 18.8. The van der Waals surface area contributed by atoms with Crippen molar-refractivity contribution in [2.75, 3.05) is 39.3 Å². The zero-order chi connectivity index (χ0) is 15.6. The molecule has 0 rings (SSSR count). The van der Waals surface area contributed by atoms with E-state index < -0.39 is 19.3 Å². The summed E-state index contributed by atoms with van der Waals surface area (Å²) in [6.45, 7) is 6.97. The topological polar surface area (TPSA) is 99.1 Å². The fourth-order valence-electron chi connectivity index (χ4n) is 1.07. The summed E-state index contributed by atoms with van der Waals surface area (Å²) < 4.78 is 26.7. The molecule has 1 unspecified atom stereocenters. The lowest BCUT2D eigenvalue weighted by Crippen LogP contribution is -2.13. The predicted molar refractivity (Wildman–Crippen MR) is 73.2 cm³/mol. The average molecular weight is 308 g/mol. The fourth-order valence-corrected chi connectivity index (χ4v) is 2.26. The Bertz CT molecular complexity index is 391. The van der Waals surface area contributed by atoms with Gasteiger partial charge >= 0.3 is 11.9 Å². The van der Waals surface area contributed by atoms with Crippen molar-refractivity contribution < 1.29 is 33.3 Å². The van der Waals surface area contributed by atoms with E-state index in [1.54, 1.807) is 6.92 Å². The van der Waals surface area contributed by atoms with Crippen molar-refractivity contribution in [3.05, 3.63) is 12.2 Å². The van der Waals surface area contributed by atoms with Gasteiger partial charge in [0.1, 0.15) is 6.61 Å². The maximum absolute atomic E-state index is 11.8. The van der Waals surface area contributed by atoms with Gasteiger partial charge in [-0.15, -0.1) is 0 Å². The third kappa shape index (κ3) is 10.7. The Kier molecular flexibility index (Phi) is 9.12. The largest absolute Gasteiger partial charge is 0.481 e. The molecule has 1 atom stereocenters. The smallest absolute Gasteiger partial charge is 0.333 e. The van der Waals surface area contributed by atoms with Gasteiger partial charge in [0.25, 0.3) is 0 Å². The Morgan fingerprint density at radius 1 is 1.20 bits per heavy atom. The second-order valence-corrected chi connectivity index (χ2v) is 6.98. The predicted octanol–water partition coefficient (Wildman–Crippen LogP) is 1.52. The van der Waals surface area contributed by atoms with Crippen LogP contribution in [0, 0.1) is 0 Å². The zero-order valence-electron chi connectivity index (χ0n) is 11.8. The van der Waals surface area contributed by atoms with E-state index in [9.17, 15) is 14.2 Å². The highest BCUT2D eigenvalue weighted by molar-refractivity contribution is 7.58. The third-order valence-corrected chi connectivity index (χ3v) is 3.90. The van der Waals surface area contributed by atoms with Gasteiger partial charge in [0.05, 0.1) is 26.2 Å². The second-order valence-electron chi connectivity index (χ2n) is 4.24. The van der Waals surface area contributed by atoms with Crippen LogP contribution in [-0.2, 0) is 28.2 Å². The standard InChI is InChI=1S/C12H21O7P/c1-10(2)12(15)18-7-5-17-6-8-19-20(3,16)9-4-11(13)14/h1,4-9H2,2-3H3,(H,13,14). The first-order valence-corrected chi connectivity index (χ1v) is 8.33. The highest BCUT2D eigenvalue weighted by atomic mass is 31.2. The van der Waals surface area contributed by atoms with Crippen LogP contribution in [0.25, 0.3) is 0 Å². The SMILES string of the molecule is C=C(C)C(=O)OCCOCCOP(C)(=O)CCC(=O)O. The van der Waals surface area contributed by atoms with Crippen molar-refractivity contribution in [3.8, 4) is 0 Å². The van der Waals surface area contributed by atoms with E-state index in [0.717, 1.165) is 0 Å². The monoisotopic (exact) mass is 308 g/mol. The third-order valence-electron chi connectivity index (χ3n) is 2.13. The highest BCUT2D eigenvalue weighted by Crippen LogP contribution is 2.42. The van der Waals surface area contributed by atoms with Crippen LogP contribution in [-0.4, -0.2) is 56.3 Å². The van der Waals surface area contributed by atoms with Gasteiger partial charge in [-0.3, -0.25) is 9.36 Å². The molecule has 0 aromatic heterocycles. The second kappa shape index (κ2) is 9.69. The van der Waals surface area contributed by atoms with Gasteiger partial charge in [0, 0.05) is 18.4 Å². The normalized spacial score (nSPS) is 13.5. The molecule has 0 aromatic rings. The first-order chi connectivity index (χ1) is 9.24. The van der Waals surface area contributed by atoms with Gasteiger partial charge in [-0.2, -0.15) is 0 Å². The lowest BCUT2D eigenvalue weighted by molar-refractivity contribution is -0.140. The molecular formula is C12H21O7P. The summed E-state index contributed by atoms with van der Waals surface area (Å²) in [7, 11) is -2.89. The Balaban J connectivity index is 3.57. The van der Waals surface area contributed by atoms with Gasteiger partial charge in [0.2, 0.25) is 7.37 Å². The van der Waals surface area contributed by atoms with E-state index in [-0.39, 0.29) is 39.0 Å². The molecule has 0 aliphatic carbocycles. The number of carboxylic acids is 1. The molecule has 0 fully saturated rings. The van der Waals surface area contributed by atoms with Crippen molar-refractivity contribution in [2.24, 2.45) is 0 Å². The first-order valence-electron chi connectivity index (χ1n) is 6.08. The van der Waals surface area contributed by atoms with Gasteiger partial charge in [-0.1, -0.05) is 6.58 Å². The van der Waals surface area contributed by atoms with Crippen LogP contribution in [0.3, 0.4) is 0 Å². The molecule has 8 heteroatoms. The summed E-state index contributed by atoms with van der Waals surface area (Å²) in [5.74, 6) is -1.48. The molecular weight excluding hydrogens is 287 g/mol. The Morgan fingerprint density at radius 2 is 1.80 bits per heavy atom. The summed E-state index contributed by atoms with van der Waals surface area (Å²) in [5, 5.41) is 8.48. The minimum absolute atomic E-state index is 0.00143. The minimum atomic E-state index is -2.89. The summed E-state index contributed by atoms with van der Waals surface area (Å²) in [5.41, 5.74) is 0.318. The summed E-state index contributed by atoms with van der Waals surface area (Å²) in [6, 6.07) is 0. The molecule has 0 radical (unpaired) electrons. The molecule has 0 aromatic carbocycles. The van der Waals surface area contributed by atoms with E-state index in [1.807, 2.05) is 0 Å². The Hall–Kier alpha value is -1.17. The number of aliphatic carboxylic acids is 1. The van der Waals surface area contributed by atoms with E-state index in [1.165, 1.54) is 6.66 Å². The molecule has 0 aliphatic heterocycles. The maximum atomic E-state index is 11.8. The number of esters is 1. The van der Waals surface area contributed by atoms with Gasteiger partial charge < -0.3 is 19.1 Å². The van der Waals surface area contributed by atoms with Crippen molar-refractivity contribution in [2.45, 2.75) is 13.3 Å². The summed E-state index contributed by atoms with van der Waals surface area (Å²) in [4.78, 5) is 21.4. The molecule has 20 heavy (non-hydrogen) atoms. The van der Waals surface area contributed by atoms with Crippen molar-refractivity contribution in [3.63, 3.8) is 0 Å². The molecule has 0 amide bonds. The van der Waals surface area contributed by atoms with Crippen LogP contribution in [0.15, 0.2) is 12.2 Å². The van der Waals surface area contributed by atoms with Crippen LogP contribution in [0.2, 0.25) is 0 Å². The molecule has 7 nitrogen and oxygen atoms in total. The van der Waals surface area contributed by atoms with E-state index in [4.69, 9.17) is 19.1 Å². The van der Waals surface area contributed by atoms with Gasteiger partial charge in [0.15, 0.2) is 0 Å². The number of carbonyl (C=O) groups excluding carboxylic acids is 1. The van der Waals surface area contributed by atoms with Gasteiger partial charge in [-0.05, 0) is 6.92 Å². The zero-order valence-corrected chi connectivity index (χ0v) is 12.7. The van der Waals surface area contributed by atoms with E-state index >= 15 is 0 Å². The number of rotatable bonds is 11. The Labute approximate surface area is 118 Å². The molecule has 1 N–H and O–H groups in total. The fraction of sp³-hybridized carbons (Fsp3) is 0.667. The maximum Gasteiger partial charge on any atom is 0.333 e. The summed E-state index contributed by atoms with van der Waals surface area (Å²) >= 11 is 0. The Morgan fingerprint density at radius 3 is 2.35 bits per heavy atom. The molecule has 0 heterocycles. The molecule has 0 saturated heterocycles. The molecule has 0 saturated carbocycles. The van der Waals surface area contributed by atoms with Crippen molar-refractivity contribution >= 4 is 19.3 Å². The van der Waals surface area contributed by atoms with E-state index in [0.29, 0.717) is 5.57 Å². The molecule has 0 bridgehead atoms. The number of carbonyl (C=O) groups is 2. The van der Waals surface area contributed by atoms with Crippen LogP contribution >= 0.6 is 7.37 Å². The summed E-state index contributed by atoms with van der Waals surface area (Å²) in [6.07, 6.45) is -0.190. The van der Waals surface area contributed by atoms with Crippen molar-refractivity contribution in [1.29, 1.82) is 0 Å². The van der Waals surface area contributed by atoms with Crippen LogP contribution in [0.5, 0.6) is 0 Å². The number of hydrogen-bond donors (Lipinski definition) is 1.